The molecule has 0 radical (unpaired) electrons. The zero-order valence-corrected chi connectivity index (χ0v) is 15.1. The zero-order chi connectivity index (χ0) is 18.7. The Hall–Kier alpha value is -2.99. The number of pyridine rings is 1. The summed E-state index contributed by atoms with van der Waals surface area (Å²) in [6.07, 6.45) is -0.636. The lowest BCUT2D eigenvalue weighted by Crippen LogP contribution is -2.23. The maximum atomic E-state index is 12.5. The van der Waals surface area contributed by atoms with E-state index in [0.29, 0.717) is 17.8 Å². The van der Waals surface area contributed by atoms with E-state index in [1.807, 2.05) is 38.1 Å². The quantitative estimate of drug-likeness (QED) is 0.659. The Balaban J connectivity index is 1.78. The first-order chi connectivity index (χ1) is 12.5. The van der Waals surface area contributed by atoms with E-state index < -0.39 is 6.10 Å². The normalized spacial score (nSPS) is 12.0. The fourth-order valence-electron chi connectivity index (χ4n) is 2.77. The second-order valence-electron chi connectivity index (χ2n) is 6.30. The van der Waals surface area contributed by atoms with Gasteiger partial charge in [0.1, 0.15) is 0 Å². The molecule has 1 amide bonds. The van der Waals surface area contributed by atoms with Crippen molar-refractivity contribution < 1.29 is 9.90 Å². The minimum absolute atomic E-state index is 0.154. The molecule has 2 aromatic heterocycles. The summed E-state index contributed by atoms with van der Waals surface area (Å²) in [6.45, 7) is 5.94. The first-order valence-electron chi connectivity index (χ1n) is 8.50. The summed E-state index contributed by atoms with van der Waals surface area (Å²) in [5, 5.41) is 19.7. The predicted octanol–water partition coefficient (Wildman–Crippen LogP) is 3.07. The fourth-order valence-corrected chi connectivity index (χ4v) is 2.77. The Morgan fingerprint density at radius 2 is 2.00 bits per heavy atom. The third-order valence-corrected chi connectivity index (χ3v) is 4.33. The summed E-state index contributed by atoms with van der Waals surface area (Å²) >= 11 is 0. The lowest BCUT2D eigenvalue weighted by molar-refractivity contribution is 0.0951. The van der Waals surface area contributed by atoms with E-state index in [4.69, 9.17) is 0 Å². The molecule has 6 nitrogen and oxygen atoms in total. The number of aliphatic hydroxyl groups excluding tert-OH is 1. The highest BCUT2D eigenvalue weighted by molar-refractivity contribution is 5.95. The predicted molar refractivity (Wildman–Crippen MR) is 99.5 cm³/mol. The number of carbonyl (C=O) groups excluding carboxylic acids is 1. The Morgan fingerprint density at radius 3 is 2.69 bits per heavy atom. The van der Waals surface area contributed by atoms with Gasteiger partial charge >= 0.3 is 0 Å². The summed E-state index contributed by atoms with van der Waals surface area (Å²) in [5.74, 6) is -0.154. The maximum Gasteiger partial charge on any atom is 0.251 e. The van der Waals surface area contributed by atoms with E-state index in [-0.39, 0.29) is 5.91 Å². The van der Waals surface area contributed by atoms with Crippen LogP contribution < -0.4 is 5.32 Å². The van der Waals surface area contributed by atoms with Gasteiger partial charge in [-0.3, -0.25) is 14.9 Å². The fraction of sp³-hybridized carbons (Fsp3) is 0.250. The highest BCUT2D eigenvalue weighted by Crippen LogP contribution is 2.21. The van der Waals surface area contributed by atoms with Crippen molar-refractivity contribution in [3.63, 3.8) is 0 Å². The van der Waals surface area contributed by atoms with Crippen LogP contribution in [0.4, 0.5) is 0 Å². The van der Waals surface area contributed by atoms with Crippen LogP contribution in [0.3, 0.4) is 0 Å². The number of aryl methyl sites for hydroxylation is 2. The molecule has 26 heavy (non-hydrogen) atoms. The molecule has 0 aliphatic rings. The van der Waals surface area contributed by atoms with Crippen LogP contribution in [0.5, 0.6) is 0 Å². The molecule has 0 aliphatic carbocycles. The Labute approximate surface area is 152 Å². The molecule has 0 aliphatic heterocycles. The highest BCUT2D eigenvalue weighted by Gasteiger charge is 2.11. The largest absolute Gasteiger partial charge is 0.387 e. The van der Waals surface area contributed by atoms with Gasteiger partial charge in [0.05, 0.1) is 23.2 Å². The number of hydrogen-bond acceptors (Lipinski definition) is 4. The number of H-pyrrole nitrogens is 1. The number of amides is 1. The average Bonchev–Trinajstić information content (AvgIpc) is 2.97. The second-order valence-corrected chi connectivity index (χ2v) is 6.30. The Kier molecular flexibility index (Phi) is 5.14. The van der Waals surface area contributed by atoms with Gasteiger partial charge in [0, 0.05) is 28.9 Å². The van der Waals surface area contributed by atoms with Gasteiger partial charge in [-0.15, -0.1) is 0 Å². The van der Waals surface area contributed by atoms with Crippen molar-refractivity contribution in [1.82, 2.24) is 20.5 Å². The summed E-state index contributed by atoms with van der Waals surface area (Å²) < 4.78 is 0. The summed E-state index contributed by atoms with van der Waals surface area (Å²) in [7, 11) is 0. The molecule has 2 heterocycles. The van der Waals surface area contributed by atoms with Crippen molar-refractivity contribution in [3.8, 4) is 11.3 Å². The average molecular weight is 350 g/mol. The molecule has 6 heteroatoms. The van der Waals surface area contributed by atoms with Crippen molar-refractivity contribution in [2.45, 2.75) is 33.4 Å². The lowest BCUT2D eigenvalue weighted by atomic mass is 10.1. The molecular formula is C20H22N4O2. The summed E-state index contributed by atoms with van der Waals surface area (Å²) in [4.78, 5) is 17.0. The molecule has 0 fully saturated rings. The lowest BCUT2D eigenvalue weighted by Gasteiger charge is -2.09. The maximum absolute atomic E-state index is 12.5. The van der Waals surface area contributed by atoms with E-state index in [0.717, 1.165) is 28.2 Å². The van der Waals surface area contributed by atoms with Crippen LogP contribution in [-0.2, 0) is 6.54 Å². The summed E-state index contributed by atoms with van der Waals surface area (Å²) in [5.41, 5.74) is 5.55. The van der Waals surface area contributed by atoms with Gasteiger partial charge < -0.3 is 10.4 Å². The topological polar surface area (TPSA) is 90.9 Å². The molecule has 3 aromatic rings. The van der Waals surface area contributed by atoms with Gasteiger partial charge in [-0.2, -0.15) is 5.10 Å². The monoisotopic (exact) mass is 350 g/mol. The van der Waals surface area contributed by atoms with Crippen LogP contribution in [0.1, 0.15) is 46.0 Å². The van der Waals surface area contributed by atoms with Gasteiger partial charge in [0.15, 0.2) is 0 Å². The molecule has 3 N–H and O–H groups in total. The van der Waals surface area contributed by atoms with Crippen molar-refractivity contribution in [2.24, 2.45) is 0 Å². The van der Waals surface area contributed by atoms with Crippen molar-refractivity contribution in [1.29, 1.82) is 0 Å². The van der Waals surface area contributed by atoms with Gasteiger partial charge in [-0.1, -0.05) is 18.2 Å². The van der Waals surface area contributed by atoms with Crippen LogP contribution in [-0.4, -0.2) is 26.2 Å². The minimum Gasteiger partial charge on any atom is -0.387 e. The van der Waals surface area contributed by atoms with Gasteiger partial charge in [0.25, 0.3) is 5.91 Å². The molecule has 1 aromatic carbocycles. The van der Waals surface area contributed by atoms with Gasteiger partial charge in [-0.05, 0) is 45.0 Å². The van der Waals surface area contributed by atoms with Crippen LogP contribution in [0.15, 0.2) is 42.5 Å². The van der Waals surface area contributed by atoms with E-state index in [1.165, 1.54) is 0 Å². The third kappa shape index (κ3) is 3.81. The van der Waals surface area contributed by atoms with Crippen molar-refractivity contribution >= 4 is 5.91 Å². The smallest absolute Gasteiger partial charge is 0.251 e. The number of nitrogens with one attached hydrogen (secondary N) is 2. The zero-order valence-electron chi connectivity index (χ0n) is 15.1. The molecule has 0 saturated heterocycles. The second kappa shape index (κ2) is 7.49. The number of aromatic amines is 1. The van der Waals surface area contributed by atoms with E-state index in [9.17, 15) is 9.90 Å². The van der Waals surface area contributed by atoms with E-state index in [2.05, 4.69) is 20.5 Å². The Bertz CT molecular complexity index is 912. The molecular weight excluding hydrogens is 328 g/mol. The molecule has 0 bridgehead atoms. The number of carbonyl (C=O) groups is 1. The van der Waals surface area contributed by atoms with Crippen LogP contribution >= 0.6 is 0 Å². The van der Waals surface area contributed by atoms with Crippen molar-refractivity contribution in [2.75, 3.05) is 0 Å². The molecule has 3 rings (SSSR count). The standard InChI is InChI=1S/C20H22N4O2/c1-12-17(13(2)24-23-12)11-21-20(26)16-7-4-6-15(10-16)19-9-5-8-18(22-19)14(3)25/h4-10,14,25H,11H2,1-3H3,(H,21,26)(H,23,24). The highest BCUT2D eigenvalue weighted by atomic mass is 16.3. The first-order valence-corrected chi connectivity index (χ1v) is 8.50. The Morgan fingerprint density at radius 1 is 1.23 bits per heavy atom. The number of hydrogen-bond donors (Lipinski definition) is 3. The van der Waals surface area contributed by atoms with Gasteiger partial charge in [-0.25, -0.2) is 0 Å². The first kappa shape index (κ1) is 17.8. The van der Waals surface area contributed by atoms with Crippen LogP contribution in [0.2, 0.25) is 0 Å². The molecule has 1 atom stereocenters. The SMILES string of the molecule is Cc1n[nH]c(C)c1CNC(=O)c1cccc(-c2cccc(C(C)O)n2)c1. The van der Waals surface area contributed by atoms with E-state index in [1.54, 1.807) is 25.1 Å². The number of aliphatic hydroxyl groups is 1. The molecule has 0 saturated carbocycles. The number of nitrogens with zero attached hydrogens (tertiary/aromatic N) is 2. The molecule has 1 unspecified atom stereocenters. The van der Waals surface area contributed by atoms with Crippen LogP contribution in [0.25, 0.3) is 11.3 Å². The van der Waals surface area contributed by atoms with E-state index >= 15 is 0 Å². The number of aromatic nitrogens is 3. The minimum atomic E-state index is -0.636. The number of benzene rings is 1. The number of rotatable bonds is 5. The molecule has 0 spiro atoms. The van der Waals surface area contributed by atoms with Crippen molar-refractivity contribution in [3.05, 3.63) is 70.7 Å². The summed E-state index contributed by atoms with van der Waals surface area (Å²) in [6, 6.07) is 12.8. The molecule has 134 valence electrons. The van der Waals surface area contributed by atoms with Gasteiger partial charge in [0.2, 0.25) is 0 Å². The third-order valence-electron chi connectivity index (χ3n) is 4.33. The van der Waals surface area contributed by atoms with Crippen LogP contribution in [0, 0.1) is 13.8 Å².